The quantitative estimate of drug-likeness (QED) is 0.716. The molecule has 0 bridgehead atoms. The van der Waals surface area contributed by atoms with E-state index < -0.39 is 0 Å². The van der Waals surface area contributed by atoms with Gasteiger partial charge >= 0.3 is 0 Å². The predicted molar refractivity (Wildman–Crippen MR) is 82.9 cm³/mol. The number of nitrogens with zero attached hydrogens (tertiary/aromatic N) is 3. The van der Waals surface area contributed by atoms with E-state index in [1.54, 1.807) is 0 Å². The third-order valence-corrected chi connectivity index (χ3v) is 5.02. The van der Waals surface area contributed by atoms with Crippen LogP contribution in [0.5, 0.6) is 0 Å². The van der Waals surface area contributed by atoms with Gasteiger partial charge in [-0.3, -0.25) is 14.5 Å². The fraction of sp³-hybridized carbons (Fsp3) is 0.750. The van der Waals surface area contributed by atoms with Crippen LogP contribution in [0.3, 0.4) is 0 Å². The van der Waals surface area contributed by atoms with E-state index >= 15 is 0 Å². The van der Waals surface area contributed by atoms with Crippen LogP contribution in [-0.2, 0) is 9.59 Å². The minimum atomic E-state index is -0.0374. The molecule has 5 nitrogen and oxygen atoms in total. The molecular weight excluding hydrogens is 266 g/mol. The molecule has 118 valence electrons. The molecule has 2 aliphatic heterocycles. The van der Waals surface area contributed by atoms with E-state index in [-0.39, 0.29) is 17.4 Å². The largest absolute Gasteiger partial charge is 0.346 e. The zero-order valence-electron chi connectivity index (χ0n) is 13.5. The van der Waals surface area contributed by atoms with Gasteiger partial charge in [-0.1, -0.05) is 12.2 Å². The van der Waals surface area contributed by atoms with Gasteiger partial charge in [-0.25, -0.2) is 0 Å². The maximum absolute atomic E-state index is 12.3. The van der Waals surface area contributed by atoms with Gasteiger partial charge in [-0.05, 0) is 26.8 Å². The maximum Gasteiger partial charge on any atom is 0.226 e. The van der Waals surface area contributed by atoms with Crippen LogP contribution in [0, 0.1) is 0 Å². The van der Waals surface area contributed by atoms with Crippen molar-refractivity contribution in [3.8, 4) is 0 Å². The molecule has 0 aromatic carbocycles. The Morgan fingerprint density at radius 3 is 2.71 bits per heavy atom. The van der Waals surface area contributed by atoms with Gasteiger partial charge in [0.05, 0.1) is 0 Å². The normalized spacial score (nSPS) is 28.4. The van der Waals surface area contributed by atoms with Gasteiger partial charge in [0.1, 0.15) is 0 Å². The molecule has 2 amide bonds. The Kier molecular flexibility index (Phi) is 5.04. The van der Waals surface area contributed by atoms with Gasteiger partial charge < -0.3 is 9.80 Å². The molecule has 2 fully saturated rings. The van der Waals surface area contributed by atoms with E-state index in [0.717, 1.165) is 39.0 Å². The van der Waals surface area contributed by atoms with Gasteiger partial charge in [0, 0.05) is 51.6 Å². The Hall–Kier alpha value is -1.36. The first-order chi connectivity index (χ1) is 9.98. The summed E-state index contributed by atoms with van der Waals surface area (Å²) < 4.78 is 0. The summed E-state index contributed by atoms with van der Waals surface area (Å²) in [6, 6.07) is 0. The molecule has 2 heterocycles. The molecule has 21 heavy (non-hydrogen) atoms. The summed E-state index contributed by atoms with van der Waals surface area (Å²) in [5.41, 5.74) is -0.0374. The van der Waals surface area contributed by atoms with E-state index in [0.29, 0.717) is 12.8 Å². The van der Waals surface area contributed by atoms with Crippen LogP contribution >= 0.6 is 0 Å². The number of carbonyl (C=O) groups is 2. The van der Waals surface area contributed by atoms with Crippen molar-refractivity contribution >= 4 is 11.8 Å². The lowest BCUT2D eigenvalue weighted by atomic mass is 9.86. The molecule has 2 saturated heterocycles. The van der Waals surface area contributed by atoms with E-state index in [4.69, 9.17) is 0 Å². The first kappa shape index (κ1) is 16.0. The second-order valence-electron chi connectivity index (χ2n) is 6.30. The van der Waals surface area contributed by atoms with Crippen LogP contribution in [-0.4, -0.2) is 72.3 Å². The Morgan fingerprint density at radius 2 is 2.00 bits per heavy atom. The summed E-state index contributed by atoms with van der Waals surface area (Å²) in [4.78, 5) is 30.4. The lowest BCUT2D eigenvalue weighted by molar-refractivity contribution is -0.136. The molecule has 0 aromatic rings. The van der Waals surface area contributed by atoms with E-state index in [1.807, 2.05) is 35.9 Å². The van der Waals surface area contributed by atoms with Crippen LogP contribution in [0.4, 0.5) is 0 Å². The monoisotopic (exact) mass is 293 g/mol. The SMILES string of the molecule is C/C=C/CC(=O)N1CCN(C)[C@@]2(CCC(=O)N(C)CC2)C1. The molecule has 0 aliphatic carbocycles. The highest BCUT2D eigenvalue weighted by atomic mass is 16.2. The fourth-order valence-corrected chi connectivity index (χ4v) is 3.32. The molecule has 2 aliphatic rings. The summed E-state index contributed by atoms with van der Waals surface area (Å²) in [6.07, 6.45) is 6.69. The van der Waals surface area contributed by atoms with Crippen LogP contribution in [0.2, 0.25) is 0 Å². The molecule has 0 radical (unpaired) electrons. The number of carbonyl (C=O) groups excluding carboxylic acids is 2. The first-order valence-electron chi connectivity index (χ1n) is 7.83. The Bertz CT molecular complexity index is 435. The number of rotatable bonds is 2. The standard InChI is InChI=1S/C16H27N3O2/c1-4-5-6-15(21)19-12-11-18(3)16(13-19)8-7-14(20)17(2)10-9-16/h4-5H,6-13H2,1-3H3/b5-4+/t16-/m1/s1. The third-order valence-electron chi connectivity index (χ3n) is 5.02. The van der Waals surface area contributed by atoms with Crippen LogP contribution in [0.25, 0.3) is 0 Å². The molecule has 0 unspecified atom stereocenters. The number of likely N-dealkylation sites (N-methyl/N-ethyl adjacent to an activating group) is 1. The average Bonchev–Trinajstić information content (AvgIpc) is 2.62. The molecular formula is C16H27N3O2. The molecule has 2 rings (SSSR count). The molecule has 0 aromatic heterocycles. The van der Waals surface area contributed by atoms with Crippen LogP contribution < -0.4 is 0 Å². The summed E-state index contributed by atoms with van der Waals surface area (Å²) >= 11 is 0. The van der Waals surface area contributed by atoms with Crippen molar-refractivity contribution in [3.63, 3.8) is 0 Å². The Labute approximate surface area is 127 Å². The van der Waals surface area contributed by atoms with Crippen LogP contribution in [0.15, 0.2) is 12.2 Å². The number of piperazine rings is 1. The number of likely N-dealkylation sites (tertiary alicyclic amines) is 1. The lowest BCUT2D eigenvalue weighted by Gasteiger charge is -2.49. The second kappa shape index (κ2) is 6.60. The average molecular weight is 293 g/mol. The van der Waals surface area contributed by atoms with Crippen molar-refractivity contribution in [1.82, 2.24) is 14.7 Å². The minimum Gasteiger partial charge on any atom is -0.346 e. The van der Waals surface area contributed by atoms with Crippen molar-refractivity contribution in [2.45, 2.75) is 38.1 Å². The molecule has 1 atom stereocenters. The van der Waals surface area contributed by atoms with Crippen molar-refractivity contribution in [2.75, 3.05) is 40.3 Å². The minimum absolute atomic E-state index is 0.0374. The van der Waals surface area contributed by atoms with Crippen molar-refractivity contribution in [3.05, 3.63) is 12.2 Å². The highest BCUT2D eigenvalue weighted by Gasteiger charge is 2.42. The summed E-state index contributed by atoms with van der Waals surface area (Å²) in [5, 5.41) is 0. The van der Waals surface area contributed by atoms with Crippen molar-refractivity contribution in [1.29, 1.82) is 0 Å². The molecule has 0 N–H and O–H groups in total. The fourth-order valence-electron chi connectivity index (χ4n) is 3.32. The Morgan fingerprint density at radius 1 is 1.24 bits per heavy atom. The third kappa shape index (κ3) is 3.46. The zero-order chi connectivity index (χ0) is 15.5. The lowest BCUT2D eigenvalue weighted by Crippen LogP contribution is -2.62. The van der Waals surface area contributed by atoms with Crippen molar-refractivity contribution < 1.29 is 9.59 Å². The number of allylic oxidation sites excluding steroid dienone is 1. The van der Waals surface area contributed by atoms with E-state index in [2.05, 4.69) is 11.9 Å². The van der Waals surface area contributed by atoms with Crippen LogP contribution in [0.1, 0.15) is 32.6 Å². The molecule has 1 spiro atoms. The predicted octanol–water partition coefficient (Wildman–Crippen LogP) is 1.11. The highest BCUT2D eigenvalue weighted by molar-refractivity contribution is 5.78. The van der Waals surface area contributed by atoms with Gasteiger partial charge in [0.25, 0.3) is 0 Å². The van der Waals surface area contributed by atoms with Gasteiger partial charge in [-0.2, -0.15) is 0 Å². The number of hydrogen-bond acceptors (Lipinski definition) is 3. The van der Waals surface area contributed by atoms with E-state index in [9.17, 15) is 9.59 Å². The maximum atomic E-state index is 12.3. The van der Waals surface area contributed by atoms with Gasteiger partial charge in [-0.15, -0.1) is 0 Å². The van der Waals surface area contributed by atoms with Crippen molar-refractivity contribution in [2.24, 2.45) is 0 Å². The Balaban J connectivity index is 2.09. The number of hydrogen-bond donors (Lipinski definition) is 0. The summed E-state index contributed by atoms with van der Waals surface area (Å²) in [5.74, 6) is 0.419. The topological polar surface area (TPSA) is 43.9 Å². The molecule has 5 heteroatoms. The van der Waals surface area contributed by atoms with Gasteiger partial charge in [0.15, 0.2) is 0 Å². The highest BCUT2D eigenvalue weighted by Crippen LogP contribution is 2.32. The smallest absolute Gasteiger partial charge is 0.226 e. The summed E-state index contributed by atoms with van der Waals surface area (Å²) in [6.45, 7) is 5.14. The second-order valence-corrected chi connectivity index (χ2v) is 6.30. The zero-order valence-corrected chi connectivity index (χ0v) is 13.5. The summed E-state index contributed by atoms with van der Waals surface area (Å²) in [7, 11) is 4.00. The number of amides is 2. The van der Waals surface area contributed by atoms with Gasteiger partial charge in [0.2, 0.25) is 11.8 Å². The van der Waals surface area contributed by atoms with E-state index in [1.165, 1.54) is 0 Å². The molecule has 0 saturated carbocycles. The first-order valence-corrected chi connectivity index (χ1v) is 7.83.